The number of morpholine rings is 1. The molecule has 0 saturated carbocycles. The number of benzene rings is 2. The van der Waals surface area contributed by atoms with Crippen LogP contribution in [0.3, 0.4) is 0 Å². The predicted octanol–water partition coefficient (Wildman–Crippen LogP) is 2.22. The van der Waals surface area contributed by atoms with Gasteiger partial charge < -0.3 is 14.2 Å². The molecular weight excluding hydrogens is 360 g/mol. The van der Waals surface area contributed by atoms with Gasteiger partial charge in [0.05, 0.1) is 13.2 Å². The molecule has 1 aliphatic heterocycles. The first kappa shape index (κ1) is 16.6. The number of rotatable bonds is 3. The van der Waals surface area contributed by atoms with E-state index in [4.69, 9.17) is 9.26 Å². The SMILES string of the molecule is O=C(c1ccc2n[nH]nc2c1)N1CCOC(c2noc(-c3ccccc3)n2)C1. The first-order valence-electron chi connectivity index (χ1n) is 8.88. The predicted molar refractivity (Wildman–Crippen MR) is 98.2 cm³/mol. The van der Waals surface area contributed by atoms with Crippen molar-refractivity contribution in [2.75, 3.05) is 19.7 Å². The minimum atomic E-state index is -0.435. The number of nitrogens with zero attached hydrogens (tertiary/aromatic N) is 5. The summed E-state index contributed by atoms with van der Waals surface area (Å²) in [5, 5.41) is 14.6. The van der Waals surface area contributed by atoms with Gasteiger partial charge in [-0.2, -0.15) is 20.4 Å². The van der Waals surface area contributed by atoms with Crippen LogP contribution in [0.25, 0.3) is 22.5 Å². The highest BCUT2D eigenvalue weighted by molar-refractivity contribution is 5.97. The Labute approximate surface area is 159 Å². The summed E-state index contributed by atoms with van der Waals surface area (Å²) in [5.74, 6) is 0.771. The quantitative estimate of drug-likeness (QED) is 0.584. The number of fused-ring (bicyclic) bond motifs is 1. The number of H-pyrrole nitrogens is 1. The van der Waals surface area contributed by atoms with Crippen LogP contribution in [-0.4, -0.2) is 56.1 Å². The molecule has 1 atom stereocenters. The van der Waals surface area contributed by atoms with E-state index in [1.165, 1.54) is 0 Å². The van der Waals surface area contributed by atoms with E-state index < -0.39 is 6.10 Å². The summed E-state index contributed by atoms with van der Waals surface area (Å²) >= 11 is 0. The number of aromatic amines is 1. The van der Waals surface area contributed by atoms with E-state index in [0.717, 1.165) is 11.1 Å². The number of hydrogen-bond acceptors (Lipinski definition) is 7. The fraction of sp³-hybridized carbons (Fsp3) is 0.211. The Morgan fingerprint density at radius 3 is 2.86 bits per heavy atom. The Morgan fingerprint density at radius 2 is 1.96 bits per heavy atom. The summed E-state index contributed by atoms with van der Waals surface area (Å²) < 4.78 is 11.1. The monoisotopic (exact) mass is 376 g/mol. The van der Waals surface area contributed by atoms with Crippen molar-refractivity contribution >= 4 is 16.9 Å². The lowest BCUT2D eigenvalue weighted by molar-refractivity contribution is -0.0276. The van der Waals surface area contributed by atoms with Gasteiger partial charge in [-0.15, -0.1) is 0 Å². The smallest absolute Gasteiger partial charge is 0.258 e. The van der Waals surface area contributed by atoms with Gasteiger partial charge in [0.25, 0.3) is 11.8 Å². The van der Waals surface area contributed by atoms with Gasteiger partial charge in [-0.1, -0.05) is 23.4 Å². The molecule has 1 saturated heterocycles. The molecule has 5 rings (SSSR count). The molecule has 140 valence electrons. The summed E-state index contributed by atoms with van der Waals surface area (Å²) in [6.45, 7) is 1.25. The van der Waals surface area contributed by atoms with E-state index in [1.54, 1.807) is 23.1 Å². The van der Waals surface area contributed by atoms with Crippen LogP contribution in [0.2, 0.25) is 0 Å². The summed E-state index contributed by atoms with van der Waals surface area (Å²) in [7, 11) is 0. The molecule has 0 aliphatic carbocycles. The second-order valence-corrected chi connectivity index (χ2v) is 6.46. The maximum absolute atomic E-state index is 12.9. The lowest BCUT2D eigenvalue weighted by atomic mass is 10.1. The molecule has 1 unspecified atom stereocenters. The van der Waals surface area contributed by atoms with Crippen molar-refractivity contribution < 1.29 is 14.1 Å². The number of nitrogens with one attached hydrogen (secondary N) is 1. The van der Waals surface area contributed by atoms with Crippen LogP contribution in [-0.2, 0) is 4.74 Å². The van der Waals surface area contributed by atoms with Gasteiger partial charge in [-0.05, 0) is 30.3 Å². The van der Waals surface area contributed by atoms with Crippen LogP contribution >= 0.6 is 0 Å². The molecule has 2 aromatic carbocycles. The Balaban J connectivity index is 1.34. The van der Waals surface area contributed by atoms with Crippen LogP contribution in [0, 0.1) is 0 Å². The number of amides is 1. The highest BCUT2D eigenvalue weighted by atomic mass is 16.5. The molecule has 2 aromatic heterocycles. The van der Waals surface area contributed by atoms with Crippen LogP contribution in [0.4, 0.5) is 0 Å². The lowest BCUT2D eigenvalue weighted by Gasteiger charge is -2.31. The molecule has 9 heteroatoms. The topological polar surface area (TPSA) is 110 Å². The standard InChI is InChI=1S/C19H16N6O3/c26-19(13-6-7-14-15(10-13)22-24-21-14)25-8-9-27-16(11-25)17-20-18(28-23-17)12-4-2-1-3-5-12/h1-7,10,16H,8-9,11H2,(H,21,22,24). The molecular formula is C19H16N6O3. The van der Waals surface area contributed by atoms with E-state index in [1.807, 2.05) is 30.3 Å². The lowest BCUT2D eigenvalue weighted by Crippen LogP contribution is -2.42. The van der Waals surface area contributed by atoms with Crippen LogP contribution in [0.15, 0.2) is 53.1 Å². The van der Waals surface area contributed by atoms with Crippen molar-refractivity contribution in [1.29, 1.82) is 0 Å². The number of aromatic nitrogens is 5. The maximum atomic E-state index is 12.9. The maximum Gasteiger partial charge on any atom is 0.258 e. The molecule has 9 nitrogen and oxygen atoms in total. The van der Waals surface area contributed by atoms with Crippen molar-refractivity contribution in [2.45, 2.75) is 6.10 Å². The number of hydrogen-bond donors (Lipinski definition) is 1. The molecule has 28 heavy (non-hydrogen) atoms. The third kappa shape index (κ3) is 3.01. The Kier molecular flexibility index (Phi) is 4.06. The third-order valence-corrected chi connectivity index (χ3v) is 4.67. The zero-order chi connectivity index (χ0) is 18.9. The van der Waals surface area contributed by atoms with E-state index in [9.17, 15) is 4.79 Å². The summed E-state index contributed by atoms with van der Waals surface area (Å²) in [5.41, 5.74) is 2.77. The normalized spacial score (nSPS) is 17.1. The minimum absolute atomic E-state index is 0.0926. The zero-order valence-electron chi connectivity index (χ0n) is 14.8. The molecule has 1 fully saturated rings. The van der Waals surface area contributed by atoms with E-state index >= 15 is 0 Å². The van der Waals surface area contributed by atoms with Gasteiger partial charge in [0.1, 0.15) is 17.1 Å². The minimum Gasteiger partial charge on any atom is -0.366 e. The Morgan fingerprint density at radius 1 is 1.11 bits per heavy atom. The first-order chi connectivity index (χ1) is 13.8. The van der Waals surface area contributed by atoms with E-state index in [-0.39, 0.29) is 5.91 Å². The van der Waals surface area contributed by atoms with Crippen LogP contribution in [0.1, 0.15) is 22.3 Å². The van der Waals surface area contributed by atoms with Crippen LogP contribution < -0.4 is 0 Å². The van der Waals surface area contributed by atoms with Gasteiger partial charge in [0.15, 0.2) is 0 Å². The number of carbonyl (C=O) groups excluding carboxylic acids is 1. The second kappa shape index (κ2) is 6.86. The fourth-order valence-corrected chi connectivity index (χ4v) is 3.21. The van der Waals surface area contributed by atoms with Gasteiger partial charge in [0.2, 0.25) is 5.82 Å². The Hall–Kier alpha value is -3.59. The molecule has 4 aromatic rings. The van der Waals surface area contributed by atoms with Gasteiger partial charge in [0, 0.05) is 17.7 Å². The molecule has 0 bridgehead atoms. The largest absolute Gasteiger partial charge is 0.366 e. The molecule has 0 spiro atoms. The molecule has 1 amide bonds. The highest BCUT2D eigenvalue weighted by Crippen LogP contribution is 2.24. The van der Waals surface area contributed by atoms with Crippen molar-refractivity contribution in [3.05, 3.63) is 59.9 Å². The second-order valence-electron chi connectivity index (χ2n) is 6.46. The average molecular weight is 376 g/mol. The van der Waals surface area contributed by atoms with Crippen molar-refractivity contribution in [3.63, 3.8) is 0 Å². The molecule has 1 N–H and O–H groups in total. The van der Waals surface area contributed by atoms with Gasteiger partial charge >= 0.3 is 0 Å². The number of carbonyl (C=O) groups is 1. The van der Waals surface area contributed by atoms with Crippen molar-refractivity contribution in [1.82, 2.24) is 30.5 Å². The van der Waals surface area contributed by atoms with E-state index in [0.29, 0.717) is 42.5 Å². The molecule has 3 heterocycles. The molecule has 1 aliphatic rings. The van der Waals surface area contributed by atoms with Crippen molar-refractivity contribution in [2.24, 2.45) is 0 Å². The third-order valence-electron chi connectivity index (χ3n) is 4.67. The number of ether oxygens (including phenoxy) is 1. The highest BCUT2D eigenvalue weighted by Gasteiger charge is 2.29. The fourth-order valence-electron chi connectivity index (χ4n) is 3.21. The summed E-state index contributed by atoms with van der Waals surface area (Å²) in [4.78, 5) is 19.1. The van der Waals surface area contributed by atoms with E-state index in [2.05, 4.69) is 25.6 Å². The summed E-state index contributed by atoms with van der Waals surface area (Å²) in [6, 6.07) is 14.8. The molecule has 0 radical (unpaired) electrons. The van der Waals surface area contributed by atoms with Gasteiger partial charge in [-0.25, -0.2) is 0 Å². The zero-order valence-corrected chi connectivity index (χ0v) is 14.8. The first-order valence-corrected chi connectivity index (χ1v) is 8.88. The summed E-state index contributed by atoms with van der Waals surface area (Å²) in [6.07, 6.45) is -0.435. The van der Waals surface area contributed by atoms with Gasteiger partial charge in [-0.3, -0.25) is 4.79 Å². The Bertz CT molecular complexity index is 1120. The average Bonchev–Trinajstić information content (AvgIpc) is 3.43. The van der Waals surface area contributed by atoms with Crippen molar-refractivity contribution in [3.8, 4) is 11.5 Å². The van der Waals surface area contributed by atoms with Crippen LogP contribution in [0.5, 0.6) is 0 Å².